The van der Waals surface area contributed by atoms with Crippen LogP contribution in [0.3, 0.4) is 0 Å². The molecule has 3 fully saturated rings. The molecule has 1 atom stereocenters. The van der Waals surface area contributed by atoms with Crippen LogP contribution in [0.4, 0.5) is 0 Å². The fourth-order valence-electron chi connectivity index (χ4n) is 4.68. The highest BCUT2D eigenvalue weighted by molar-refractivity contribution is 6.30. The molecule has 2 aromatic rings. The first-order chi connectivity index (χ1) is 11.1. The molecule has 1 aromatic heterocycles. The molecule has 0 N–H and O–H groups in total. The summed E-state index contributed by atoms with van der Waals surface area (Å²) in [5, 5.41) is 14.5. The second-order valence-corrected chi connectivity index (χ2v) is 7.67. The van der Waals surface area contributed by atoms with Crippen molar-refractivity contribution < 1.29 is 0 Å². The van der Waals surface area contributed by atoms with Gasteiger partial charge in [-0.2, -0.15) is 10.4 Å². The third-order valence-electron chi connectivity index (χ3n) is 5.78. The summed E-state index contributed by atoms with van der Waals surface area (Å²) in [7, 11) is 0. The summed E-state index contributed by atoms with van der Waals surface area (Å²) in [4.78, 5) is 12.9. The molecule has 3 saturated carbocycles. The Morgan fingerprint density at radius 2 is 1.96 bits per heavy atom. The van der Waals surface area contributed by atoms with Crippen LogP contribution >= 0.6 is 11.6 Å². The van der Waals surface area contributed by atoms with Gasteiger partial charge in [0.2, 0.25) is 0 Å². The van der Waals surface area contributed by atoms with Crippen molar-refractivity contribution in [3.63, 3.8) is 0 Å². The number of hydrogen-bond acceptors (Lipinski definition) is 3. The van der Waals surface area contributed by atoms with Crippen LogP contribution in [0, 0.1) is 16.7 Å². The lowest BCUT2D eigenvalue weighted by Gasteiger charge is -2.65. The van der Waals surface area contributed by atoms with E-state index in [0.29, 0.717) is 5.02 Å². The van der Waals surface area contributed by atoms with Crippen molar-refractivity contribution in [3.05, 3.63) is 51.2 Å². The molecule has 0 saturated heterocycles. The van der Waals surface area contributed by atoms with Gasteiger partial charge in [0.05, 0.1) is 23.1 Å². The van der Waals surface area contributed by atoms with Gasteiger partial charge in [-0.15, -0.1) is 0 Å². The minimum atomic E-state index is -0.186. The number of benzene rings is 1. The summed E-state index contributed by atoms with van der Waals surface area (Å²) >= 11 is 5.96. The van der Waals surface area contributed by atoms with E-state index in [1.807, 2.05) is 28.8 Å². The van der Waals surface area contributed by atoms with E-state index >= 15 is 0 Å². The Hall–Kier alpha value is -2.06. The highest BCUT2D eigenvalue weighted by atomic mass is 35.5. The van der Waals surface area contributed by atoms with Gasteiger partial charge in [-0.25, -0.2) is 9.48 Å². The SMILES string of the molecule is N#CC12CC(n3nc4n(c3=O)C(c3ccc(Cl)cc3)CC4)(C1)C2. The summed E-state index contributed by atoms with van der Waals surface area (Å²) < 4.78 is 3.51. The van der Waals surface area contributed by atoms with E-state index in [0.717, 1.165) is 43.5 Å². The molecule has 1 aromatic carbocycles. The van der Waals surface area contributed by atoms with Crippen molar-refractivity contribution >= 4 is 11.6 Å². The summed E-state index contributed by atoms with van der Waals surface area (Å²) in [6.07, 6.45) is 4.04. The Kier molecular flexibility index (Phi) is 2.37. The van der Waals surface area contributed by atoms with Crippen molar-refractivity contribution in [1.82, 2.24) is 14.3 Å². The average Bonchev–Trinajstić information content (AvgIpc) is 3.00. The number of fused-ring (bicyclic) bond motifs is 1. The lowest BCUT2D eigenvalue weighted by molar-refractivity contribution is -0.155. The first kappa shape index (κ1) is 13.4. The van der Waals surface area contributed by atoms with E-state index in [4.69, 9.17) is 11.6 Å². The molecule has 6 rings (SSSR count). The lowest BCUT2D eigenvalue weighted by atomic mass is 9.40. The molecule has 0 spiro atoms. The van der Waals surface area contributed by atoms with Gasteiger partial charge < -0.3 is 0 Å². The van der Waals surface area contributed by atoms with Crippen molar-refractivity contribution in [2.75, 3.05) is 0 Å². The lowest BCUT2D eigenvalue weighted by Crippen LogP contribution is -2.69. The van der Waals surface area contributed by atoms with Crippen LogP contribution in [0.2, 0.25) is 5.02 Å². The van der Waals surface area contributed by atoms with E-state index in [1.165, 1.54) is 0 Å². The third-order valence-corrected chi connectivity index (χ3v) is 6.03. The fourth-order valence-corrected chi connectivity index (χ4v) is 4.81. The third kappa shape index (κ3) is 1.57. The standard InChI is InChI=1S/C17H15ClN4O/c18-12-3-1-11(2-4-12)13-5-6-14-20-22(15(23)21(13)14)17-7-16(8-17,9-17)10-19/h1-4,13H,5-9H2. The predicted molar refractivity (Wildman–Crippen MR) is 84.3 cm³/mol. The van der Waals surface area contributed by atoms with Crippen LogP contribution in [-0.2, 0) is 12.0 Å². The van der Waals surface area contributed by atoms with Gasteiger partial charge in [-0.05, 0) is 43.4 Å². The summed E-state index contributed by atoms with van der Waals surface area (Å²) in [6.45, 7) is 0. The molecule has 3 aliphatic carbocycles. The highest BCUT2D eigenvalue weighted by Crippen LogP contribution is 2.70. The minimum absolute atomic E-state index is 0.0244. The van der Waals surface area contributed by atoms with Crippen molar-refractivity contribution in [2.24, 2.45) is 5.41 Å². The van der Waals surface area contributed by atoms with Crippen molar-refractivity contribution in [3.8, 4) is 6.07 Å². The van der Waals surface area contributed by atoms with E-state index in [-0.39, 0.29) is 22.7 Å². The van der Waals surface area contributed by atoms with Gasteiger partial charge in [0.25, 0.3) is 0 Å². The number of nitrogens with zero attached hydrogens (tertiary/aromatic N) is 4. The zero-order valence-electron chi connectivity index (χ0n) is 12.5. The zero-order valence-corrected chi connectivity index (χ0v) is 13.3. The minimum Gasteiger partial charge on any atom is -0.271 e. The molecule has 23 heavy (non-hydrogen) atoms. The van der Waals surface area contributed by atoms with E-state index < -0.39 is 0 Å². The van der Waals surface area contributed by atoms with Crippen LogP contribution in [0.15, 0.2) is 29.1 Å². The topological polar surface area (TPSA) is 63.6 Å². The summed E-state index contributed by atoms with van der Waals surface area (Å²) in [6, 6.07) is 10.1. The molecule has 0 amide bonds. The number of aryl methyl sites for hydroxylation is 1. The Bertz CT molecular complexity index is 898. The molecular formula is C17H15ClN4O. The van der Waals surface area contributed by atoms with Crippen LogP contribution in [0.25, 0.3) is 0 Å². The molecular weight excluding hydrogens is 312 g/mol. The number of nitriles is 1. The smallest absolute Gasteiger partial charge is 0.271 e. The van der Waals surface area contributed by atoms with Crippen molar-refractivity contribution in [2.45, 2.75) is 43.7 Å². The molecule has 2 heterocycles. The first-order valence-corrected chi connectivity index (χ1v) is 8.31. The van der Waals surface area contributed by atoms with Gasteiger partial charge in [0.1, 0.15) is 5.82 Å². The maximum Gasteiger partial charge on any atom is 0.347 e. The highest BCUT2D eigenvalue weighted by Gasteiger charge is 2.71. The van der Waals surface area contributed by atoms with Gasteiger partial charge in [-0.3, -0.25) is 4.57 Å². The normalized spacial score (nSPS) is 33.5. The van der Waals surface area contributed by atoms with Crippen LogP contribution in [-0.4, -0.2) is 14.3 Å². The molecule has 5 nitrogen and oxygen atoms in total. The Balaban J connectivity index is 1.54. The van der Waals surface area contributed by atoms with Gasteiger partial charge in [0.15, 0.2) is 0 Å². The van der Waals surface area contributed by atoms with E-state index in [2.05, 4.69) is 11.2 Å². The van der Waals surface area contributed by atoms with Gasteiger partial charge in [-0.1, -0.05) is 23.7 Å². The largest absolute Gasteiger partial charge is 0.347 e. The Morgan fingerprint density at radius 3 is 2.61 bits per heavy atom. The number of rotatable bonds is 2. The molecule has 2 bridgehead atoms. The second kappa shape index (κ2) is 4.07. The zero-order chi connectivity index (χ0) is 15.8. The maximum atomic E-state index is 12.9. The summed E-state index contributed by atoms with van der Waals surface area (Å²) in [5.74, 6) is 0.866. The molecule has 4 aliphatic rings. The molecule has 116 valence electrons. The maximum absolute atomic E-state index is 12.9. The Labute approximate surface area is 138 Å². The summed E-state index contributed by atoms with van der Waals surface area (Å²) in [5.41, 5.74) is 0.710. The number of halogens is 1. The average molecular weight is 327 g/mol. The Morgan fingerprint density at radius 1 is 1.26 bits per heavy atom. The quantitative estimate of drug-likeness (QED) is 0.852. The molecule has 1 unspecified atom stereocenters. The second-order valence-electron chi connectivity index (χ2n) is 7.23. The first-order valence-electron chi connectivity index (χ1n) is 7.94. The monoisotopic (exact) mass is 326 g/mol. The fraction of sp³-hybridized carbons (Fsp3) is 0.471. The van der Waals surface area contributed by atoms with E-state index in [9.17, 15) is 10.1 Å². The number of hydrogen-bond donors (Lipinski definition) is 0. The predicted octanol–water partition coefficient (Wildman–Crippen LogP) is 2.64. The van der Waals surface area contributed by atoms with E-state index in [1.54, 1.807) is 4.68 Å². The van der Waals surface area contributed by atoms with Crippen LogP contribution in [0.1, 0.15) is 43.1 Å². The number of aromatic nitrogens is 3. The molecule has 6 heteroatoms. The van der Waals surface area contributed by atoms with Crippen LogP contribution < -0.4 is 5.69 Å². The van der Waals surface area contributed by atoms with Crippen molar-refractivity contribution in [1.29, 1.82) is 5.26 Å². The van der Waals surface area contributed by atoms with Gasteiger partial charge in [0, 0.05) is 11.4 Å². The molecule has 0 radical (unpaired) electrons. The molecule has 1 aliphatic heterocycles. The van der Waals surface area contributed by atoms with Crippen LogP contribution in [0.5, 0.6) is 0 Å². The van der Waals surface area contributed by atoms with Gasteiger partial charge >= 0.3 is 5.69 Å².